The molecule has 1 aromatic heterocycles. The molecule has 5 nitrogen and oxygen atoms in total. The highest BCUT2D eigenvalue weighted by atomic mass is 32.1. The predicted molar refractivity (Wildman–Crippen MR) is 107 cm³/mol. The molecular formula is C21H26N2O3S. The molecule has 4 rings (SSSR count). The van der Waals surface area contributed by atoms with Crippen LogP contribution in [0.1, 0.15) is 34.6 Å². The van der Waals surface area contributed by atoms with Crippen molar-refractivity contribution < 1.29 is 14.3 Å². The van der Waals surface area contributed by atoms with E-state index in [4.69, 9.17) is 9.47 Å². The molecule has 1 atom stereocenters. The summed E-state index contributed by atoms with van der Waals surface area (Å²) >= 11 is 1.51. The summed E-state index contributed by atoms with van der Waals surface area (Å²) in [6, 6.07) is 8.13. The Morgan fingerprint density at radius 2 is 2.11 bits per heavy atom. The minimum absolute atomic E-state index is 0.152. The van der Waals surface area contributed by atoms with Crippen molar-refractivity contribution in [1.29, 1.82) is 0 Å². The first kappa shape index (κ1) is 18.3. The van der Waals surface area contributed by atoms with E-state index in [2.05, 4.69) is 24.0 Å². The first-order valence-corrected chi connectivity index (χ1v) is 10.5. The van der Waals surface area contributed by atoms with Crippen LogP contribution in [0.25, 0.3) is 0 Å². The third kappa shape index (κ3) is 3.96. The monoisotopic (exact) mass is 386 g/mol. The normalized spacial score (nSPS) is 19.6. The van der Waals surface area contributed by atoms with E-state index in [1.54, 1.807) is 0 Å². The number of carbonyl (C=O) groups excluding carboxylic acids is 1. The maximum Gasteiger partial charge on any atom is 0.264 e. The lowest BCUT2D eigenvalue weighted by atomic mass is 10.1. The van der Waals surface area contributed by atoms with Crippen LogP contribution in [-0.2, 0) is 13.0 Å². The summed E-state index contributed by atoms with van der Waals surface area (Å²) in [4.78, 5) is 17.7. The summed E-state index contributed by atoms with van der Waals surface area (Å²) in [5.41, 5.74) is 2.41. The van der Waals surface area contributed by atoms with Gasteiger partial charge in [0.2, 0.25) is 0 Å². The zero-order chi connectivity index (χ0) is 18.8. The van der Waals surface area contributed by atoms with Crippen LogP contribution in [0.3, 0.4) is 0 Å². The maximum atomic E-state index is 12.5. The van der Waals surface area contributed by atoms with Gasteiger partial charge in [0.05, 0.1) is 11.5 Å². The Bertz CT molecular complexity index is 798. The Hall–Kier alpha value is -2.05. The molecule has 2 aliphatic heterocycles. The number of hydrogen-bond acceptors (Lipinski definition) is 5. The third-order valence-electron chi connectivity index (χ3n) is 5.16. The van der Waals surface area contributed by atoms with Crippen molar-refractivity contribution in [2.75, 3.05) is 32.8 Å². The van der Waals surface area contributed by atoms with Crippen LogP contribution in [-0.4, -0.2) is 54.6 Å². The Kier molecular flexibility index (Phi) is 5.36. The van der Waals surface area contributed by atoms with E-state index < -0.39 is 0 Å². The fraction of sp³-hybridized carbons (Fsp3) is 0.476. The second kappa shape index (κ2) is 7.90. The molecule has 0 spiro atoms. The largest absolute Gasteiger partial charge is 0.494 e. The number of rotatable bonds is 5. The molecule has 27 heavy (non-hydrogen) atoms. The summed E-state index contributed by atoms with van der Waals surface area (Å²) in [6.45, 7) is 8.87. The molecule has 0 radical (unpaired) electrons. The fourth-order valence-corrected chi connectivity index (χ4v) is 4.49. The fourth-order valence-electron chi connectivity index (χ4n) is 3.80. The van der Waals surface area contributed by atoms with Gasteiger partial charge in [-0.2, -0.15) is 0 Å². The van der Waals surface area contributed by atoms with E-state index >= 15 is 0 Å². The number of hydrogen-bond donors (Lipinski definition) is 0. The van der Waals surface area contributed by atoms with E-state index in [1.165, 1.54) is 22.5 Å². The summed E-state index contributed by atoms with van der Waals surface area (Å²) in [7, 11) is 0. The number of fused-ring (bicyclic) bond motifs is 1. The van der Waals surface area contributed by atoms with Gasteiger partial charge in [-0.1, -0.05) is 6.07 Å². The number of ether oxygens (including phenoxy) is 2. The van der Waals surface area contributed by atoms with Crippen LogP contribution in [0.15, 0.2) is 29.6 Å². The van der Waals surface area contributed by atoms with E-state index in [0.29, 0.717) is 6.61 Å². The Balaban J connectivity index is 1.41. The van der Waals surface area contributed by atoms with Crippen molar-refractivity contribution >= 4 is 17.2 Å². The zero-order valence-electron chi connectivity index (χ0n) is 15.9. The van der Waals surface area contributed by atoms with Crippen molar-refractivity contribution in [3.05, 3.63) is 45.6 Å². The summed E-state index contributed by atoms with van der Waals surface area (Å²) in [5, 5.41) is 1.95. The molecule has 1 fully saturated rings. The van der Waals surface area contributed by atoms with Gasteiger partial charge in [0.15, 0.2) is 0 Å². The number of benzene rings is 1. The molecule has 0 N–H and O–H groups in total. The molecule has 6 heteroatoms. The van der Waals surface area contributed by atoms with Crippen molar-refractivity contribution in [3.63, 3.8) is 0 Å². The zero-order valence-corrected chi connectivity index (χ0v) is 16.8. The number of nitrogens with zero attached hydrogens (tertiary/aromatic N) is 2. The van der Waals surface area contributed by atoms with Gasteiger partial charge in [0.25, 0.3) is 5.91 Å². The highest BCUT2D eigenvalue weighted by molar-refractivity contribution is 7.12. The van der Waals surface area contributed by atoms with Gasteiger partial charge in [-0.15, -0.1) is 11.3 Å². The van der Waals surface area contributed by atoms with Crippen molar-refractivity contribution in [2.45, 2.75) is 32.9 Å². The highest BCUT2D eigenvalue weighted by Crippen LogP contribution is 2.35. The van der Waals surface area contributed by atoms with Crippen molar-refractivity contribution in [3.8, 4) is 11.5 Å². The molecule has 1 aromatic carbocycles. The van der Waals surface area contributed by atoms with Gasteiger partial charge in [0, 0.05) is 50.3 Å². The smallest absolute Gasteiger partial charge is 0.264 e. The second-order valence-corrected chi connectivity index (χ2v) is 8.13. The lowest BCUT2D eigenvalue weighted by Crippen LogP contribution is -2.48. The first-order chi connectivity index (χ1) is 13.1. The van der Waals surface area contributed by atoms with Gasteiger partial charge >= 0.3 is 0 Å². The lowest BCUT2D eigenvalue weighted by Gasteiger charge is -2.34. The van der Waals surface area contributed by atoms with Crippen LogP contribution >= 0.6 is 11.3 Å². The number of thiophene rings is 1. The molecule has 0 bridgehead atoms. The van der Waals surface area contributed by atoms with Crippen LogP contribution in [0.4, 0.5) is 0 Å². The Morgan fingerprint density at radius 3 is 2.81 bits per heavy atom. The molecular weight excluding hydrogens is 360 g/mol. The van der Waals surface area contributed by atoms with E-state index in [1.807, 2.05) is 29.3 Å². The van der Waals surface area contributed by atoms with Gasteiger partial charge in [-0.25, -0.2) is 0 Å². The molecule has 1 unspecified atom stereocenters. The van der Waals surface area contributed by atoms with Gasteiger partial charge < -0.3 is 14.4 Å². The van der Waals surface area contributed by atoms with E-state index in [-0.39, 0.29) is 12.0 Å². The van der Waals surface area contributed by atoms with Crippen LogP contribution in [0, 0.1) is 0 Å². The van der Waals surface area contributed by atoms with Gasteiger partial charge in [-0.05, 0) is 37.4 Å². The second-order valence-electron chi connectivity index (χ2n) is 7.18. The summed E-state index contributed by atoms with van der Waals surface area (Å²) < 4.78 is 11.8. The van der Waals surface area contributed by atoms with Crippen LogP contribution < -0.4 is 9.47 Å². The van der Waals surface area contributed by atoms with Crippen LogP contribution in [0.2, 0.25) is 0 Å². The summed E-state index contributed by atoms with van der Waals surface area (Å²) in [6.07, 6.45) is 1.18. The quantitative estimate of drug-likeness (QED) is 0.790. The Morgan fingerprint density at radius 1 is 1.30 bits per heavy atom. The topological polar surface area (TPSA) is 42.0 Å². The highest BCUT2D eigenvalue weighted by Gasteiger charge is 2.25. The molecule has 3 heterocycles. The molecule has 144 valence electrons. The average molecular weight is 387 g/mol. The first-order valence-electron chi connectivity index (χ1n) is 9.64. The number of piperazine rings is 1. The third-order valence-corrected chi connectivity index (χ3v) is 6.02. The van der Waals surface area contributed by atoms with Crippen molar-refractivity contribution in [2.24, 2.45) is 0 Å². The molecule has 1 amide bonds. The SMILES string of the molecule is CCOc1cc2c(cc1CN1CCN(C(=O)c3cccs3)CC1)OC(C)C2. The van der Waals surface area contributed by atoms with Gasteiger partial charge in [0.1, 0.15) is 17.6 Å². The molecule has 0 saturated carbocycles. The average Bonchev–Trinajstić information content (AvgIpc) is 3.31. The summed E-state index contributed by atoms with van der Waals surface area (Å²) in [5.74, 6) is 2.11. The standard InChI is InChI=1S/C21H26N2O3S/c1-3-25-18-12-16-11-15(2)26-19(16)13-17(18)14-22-6-8-23(9-7-22)21(24)20-5-4-10-27-20/h4-5,10,12-13,15H,3,6-9,11,14H2,1-2H3. The van der Waals surface area contributed by atoms with Gasteiger partial charge in [-0.3, -0.25) is 9.69 Å². The number of amides is 1. The van der Waals surface area contributed by atoms with E-state index in [0.717, 1.165) is 55.5 Å². The molecule has 1 saturated heterocycles. The number of carbonyl (C=O) groups is 1. The molecule has 2 aromatic rings. The predicted octanol–water partition coefficient (Wildman–Crippen LogP) is 3.43. The lowest BCUT2D eigenvalue weighted by molar-refractivity contribution is 0.0632. The van der Waals surface area contributed by atoms with E-state index in [9.17, 15) is 4.79 Å². The Labute approximate surface area is 164 Å². The maximum absolute atomic E-state index is 12.5. The van der Waals surface area contributed by atoms with Crippen molar-refractivity contribution in [1.82, 2.24) is 9.80 Å². The molecule has 2 aliphatic rings. The minimum atomic E-state index is 0.152. The molecule has 0 aliphatic carbocycles. The minimum Gasteiger partial charge on any atom is -0.494 e. The van der Waals surface area contributed by atoms with Crippen LogP contribution in [0.5, 0.6) is 11.5 Å².